The first-order valence-electron chi connectivity index (χ1n) is 6.61. The molecule has 1 atom stereocenters. The van der Waals surface area contributed by atoms with E-state index in [1.54, 1.807) is 19.2 Å². The number of nitrogen functional groups attached to an aromatic ring is 1. The topological polar surface area (TPSA) is 62.3 Å². The Morgan fingerprint density at radius 1 is 1.60 bits per heavy atom. The number of nitrogens with two attached hydrogens (primary N) is 1. The molecule has 0 bridgehead atoms. The second-order valence-electron chi connectivity index (χ2n) is 5.08. The van der Waals surface area contributed by atoms with Gasteiger partial charge in [-0.05, 0) is 46.8 Å². The number of hydrogen-bond donors (Lipinski definition) is 2. The molecule has 1 unspecified atom stereocenters. The van der Waals surface area contributed by atoms with Gasteiger partial charge in [0.25, 0.3) is 0 Å². The lowest BCUT2D eigenvalue weighted by Gasteiger charge is -2.34. The zero-order valence-corrected chi connectivity index (χ0v) is 13.0. The molecule has 1 saturated heterocycles. The Bertz CT molecular complexity index is 507. The highest BCUT2D eigenvalue weighted by molar-refractivity contribution is 9.10. The van der Waals surface area contributed by atoms with Gasteiger partial charge in [0.05, 0.1) is 16.8 Å². The van der Waals surface area contributed by atoms with E-state index in [9.17, 15) is 4.39 Å². The number of rotatable bonds is 4. The van der Waals surface area contributed by atoms with Crippen molar-refractivity contribution in [3.63, 3.8) is 0 Å². The van der Waals surface area contributed by atoms with Crippen LogP contribution in [-0.2, 0) is 4.74 Å². The first-order valence-corrected chi connectivity index (χ1v) is 7.40. The minimum absolute atomic E-state index is 0.141. The van der Waals surface area contributed by atoms with Gasteiger partial charge in [0.2, 0.25) is 0 Å². The third kappa shape index (κ3) is 3.12. The van der Waals surface area contributed by atoms with Gasteiger partial charge in [-0.1, -0.05) is 0 Å². The van der Waals surface area contributed by atoms with Crippen LogP contribution in [-0.4, -0.2) is 32.6 Å². The number of amidine groups is 1. The number of nitrogens with one attached hydrogen (secondary N) is 1. The van der Waals surface area contributed by atoms with E-state index in [0.717, 1.165) is 25.9 Å². The van der Waals surface area contributed by atoms with Crippen molar-refractivity contribution < 1.29 is 9.13 Å². The first kappa shape index (κ1) is 15.3. The molecule has 6 heteroatoms. The fraction of sp³-hybridized carbons (Fsp3) is 0.500. The van der Waals surface area contributed by atoms with Crippen LogP contribution in [0.2, 0.25) is 0 Å². The van der Waals surface area contributed by atoms with Crippen molar-refractivity contribution in [2.75, 3.05) is 31.7 Å². The summed E-state index contributed by atoms with van der Waals surface area (Å²) in [6.07, 6.45) is 2.14. The van der Waals surface area contributed by atoms with E-state index in [1.807, 2.05) is 4.90 Å². The standard InChI is InChI=1S/C14H19BrFN3O/c1-20-8-9-3-2-6-19(7-9)11-5-4-10(14(17)18)12(15)13(11)16/h4-5,9H,2-3,6-8H2,1H3,(H3,17,18). The van der Waals surface area contributed by atoms with E-state index in [1.165, 1.54) is 0 Å². The molecule has 1 fully saturated rings. The van der Waals surface area contributed by atoms with E-state index in [2.05, 4.69) is 15.9 Å². The summed E-state index contributed by atoms with van der Waals surface area (Å²) in [6, 6.07) is 3.39. The third-order valence-electron chi connectivity index (χ3n) is 3.61. The van der Waals surface area contributed by atoms with Crippen LogP contribution in [0.3, 0.4) is 0 Å². The van der Waals surface area contributed by atoms with Gasteiger partial charge in [0, 0.05) is 25.8 Å². The van der Waals surface area contributed by atoms with Gasteiger partial charge in [-0.15, -0.1) is 0 Å². The SMILES string of the molecule is COCC1CCCN(c2ccc(C(=N)N)c(Br)c2F)C1. The molecule has 3 N–H and O–H groups in total. The second-order valence-corrected chi connectivity index (χ2v) is 5.88. The quantitative estimate of drug-likeness (QED) is 0.652. The molecule has 1 heterocycles. The normalized spacial score (nSPS) is 19.1. The van der Waals surface area contributed by atoms with Crippen LogP contribution in [0.4, 0.5) is 10.1 Å². The lowest BCUT2D eigenvalue weighted by molar-refractivity contribution is 0.143. The number of methoxy groups -OCH3 is 1. The average Bonchev–Trinajstić information content (AvgIpc) is 2.42. The summed E-state index contributed by atoms with van der Waals surface area (Å²) in [4.78, 5) is 2.04. The smallest absolute Gasteiger partial charge is 0.161 e. The number of ether oxygens (including phenoxy) is 1. The largest absolute Gasteiger partial charge is 0.384 e. The molecule has 0 amide bonds. The molecule has 1 aliphatic rings. The second kappa shape index (κ2) is 6.54. The Morgan fingerprint density at radius 3 is 3.00 bits per heavy atom. The highest BCUT2D eigenvalue weighted by Gasteiger charge is 2.24. The fourth-order valence-electron chi connectivity index (χ4n) is 2.65. The van der Waals surface area contributed by atoms with Gasteiger partial charge in [0.15, 0.2) is 5.82 Å². The Hall–Kier alpha value is -1.14. The molecule has 0 spiro atoms. The maximum absolute atomic E-state index is 14.4. The fourth-order valence-corrected chi connectivity index (χ4v) is 3.20. The van der Waals surface area contributed by atoms with Gasteiger partial charge in [-0.3, -0.25) is 5.41 Å². The molecule has 110 valence electrons. The average molecular weight is 344 g/mol. The summed E-state index contributed by atoms with van der Waals surface area (Å²) in [6.45, 7) is 2.32. The Balaban J connectivity index is 2.24. The molecule has 1 aliphatic heterocycles. The predicted octanol–water partition coefficient (Wildman–Crippen LogP) is 2.74. The summed E-state index contributed by atoms with van der Waals surface area (Å²) in [5.41, 5.74) is 6.37. The number of anilines is 1. The van der Waals surface area contributed by atoms with Crippen molar-refractivity contribution in [2.45, 2.75) is 12.8 Å². The summed E-state index contributed by atoms with van der Waals surface area (Å²) in [7, 11) is 1.69. The van der Waals surface area contributed by atoms with Gasteiger partial charge in [-0.2, -0.15) is 0 Å². The van der Waals surface area contributed by atoms with Crippen molar-refractivity contribution in [1.29, 1.82) is 5.41 Å². The van der Waals surface area contributed by atoms with Crippen molar-refractivity contribution in [3.8, 4) is 0 Å². The van der Waals surface area contributed by atoms with Crippen molar-refractivity contribution in [3.05, 3.63) is 28.0 Å². The molecule has 20 heavy (non-hydrogen) atoms. The van der Waals surface area contributed by atoms with Crippen LogP contribution in [0.25, 0.3) is 0 Å². The summed E-state index contributed by atoms with van der Waals surface area (Å²) >= 11 is 3.20. The Kier molecular flexibility index (Phi) is 4.99. The third-order valence-corrected chi connectivity index (χ3v) is 4.39. The van der Waals surface area contributed by atoms with E-state index < -0.39 is 0 Å². The molecule has 0 saturated carbocycles. The molecule has 1 aromatic rings. The van der Waals surface area contributed by atoms with Crippen LogP contribution < -0.4 is 10.6 Å². The van der Waals surface area contributed by atoms with Crippen molar-refractivity contribution in [2.24, 2.45) is 11.7 Å². The minimum atomic E-state index is -0.351. The number of benzene rings is 1. The van der Waals surface area contributed by atoms with E-state index >= 15 is 0 Å². The van der Waals surface area contributed by atoms with Gasteiger partial charge >= 0.3 is 0 Å². The van der Waals surface area contributed by atoms with Crippen LogP contribution in [0, 0.1) is 17.1 Å². The molecule has 1 aromatic carbocycles. The van der Waals surface area contributed by atoms with Gasteiger partial charge in [-0.25, -0.2) is 4.39 Å². The number of piperidine rings is 1. The van der Waals surface area contributed by atoms with Crippen LogP contribution >= 0.6 is 15.9 Å². The van der Waals surface area contributed by atoms with Crippen LogP contribution in [0.5, 0.6) is 0 Å². The van der Waals surface area contributed by atoms with Gasteiger partial charge in [0.1, 0.15) is 5.84 Å². The summed E-state index contributed by atoms with van der Waals surface area (Å²) in [5.74, 6) is -0.0617. The zero-order chi connectivity index (χ0) is 14.7. The molecule has 2 rings (SSSR count). The maximum atomic E-state index is 14.4. The predicted molar refractivity (Wildman–Crippen MR) is 81.9 cm³/mol. The van der Waals surface area contributed by atoms with Crippen LogP contribution in [0.15, 0.2) is 16.6 Å². The minimum Gasteiger partial charge on any atom is -0.384 e. The van der Waals surface area contributed by atoms with Crippen molar-refractivity contribution in [1.82, 2.24) is 0 Å². The lowest BCUT2D eigenvalue weighted by Crippen LogP contribution is -2.37. The molecule has 4 nitrogen and oxygen atoms in total. The highest BCUT2D eigenvalue weighted by Crippen LogP contribution is 2.32. The number of halogens is 2. The molecule has 0 aliphatic carbocycles. The van der Waals surface area contributed by atoms with E-state index in [-0.39, 0.29) is 16.1 Å². The summed E-state index contributed by atoms with van der Waals surface area (Å²) in [5, 5.41) is 7.43. The summed E-state index contributed by atoms with van der Waals surface area (Å²) < 4.78 is 19.9. The Morgan fingerprint density at radius 2 is 2.35 bits per heavy atom. The monoisotopic (exact) mass is 343 g/mol. The van der Waals surface area contributed by atoms with E-state index in [0.29, 0.717) is 23.8 Å². The molecule has 0 radical (unpaired) electrons. The first-order chi connectivity index (χ1) is 9.54. The molecular formula is C14H19BrFN3O. The van der Waals surface area contributed by atoms with Crippen LogP contribution in [0.1, 0.15) is 18.4 Å². The van der Waals surface area contributed by atoms with Gasteiger partial charge < -0.3 is 15.4 Å². The zero-order valence-electron chi connectivity index (χ0n) is 11.5. The number of nitrogens with zero attached hydrogens (tertiary/aromatic N) is 1. The Labute approximate surface area is 126 Å². The van der Waals surface area contributed by atoms with E-state index in [4.69, 9.17) is 15.9 Å². The highest BCUT2D eigenvalue weighted by atomic mass is 79.9. The lowest BCUT2D eigenvalue weighted by atomic mass is 9.98. The molecule has 0 aromatic heterocycles. The molecular weight excluding hydrogens is 325 g/mol. The number of hydrogen-bond acceptors (Lipinski definition) is 3. The van der Waals surface area contributed by atoms with Crippen molar-refractivity contribution >= 4 is 27.5 Å². The maximum Gasteiger partial charge on any atom is 0.161 e.